The average Bonchev–Trinajstić information content (AvgIpc) is 2.84. The van der Waals surface area contributed by atoms with Gasteiger partial charge >= 0.3 is 5.97 Å². The lowest BCUT2D eigenvalue weighted by Crippen LogP contribution is -2.42. The van der Waals surface area contributed by atoms with E-state index in [9.17, 15) is 19.5 Å². The second-order valence-corrected chi connectivity index (χ2v) is 10.2. The fourth-order valence-corrected chi connectivity index (χ4v) is 5.89. The van der Waals surface area contributed by atoms with Gasteiger partial charge in [0, 0.05) is 40.1 Å². The second kappa shape index (κ2) is 9.74. The number of halogens is 3. The van der Waals surface area contributed by atoms with Gasteiger partial charge in [0.15, 0.2) is 5.78 Å². The highest BCUT2D eigenvalue weighted by Gasteiger charge is 2.43. The zero-order chi connectivity index (χ0) is 25.6. The summed E-state index contributed by atoms with van der Waals surface area (Å²) in [5, 5.41) is 10.6. The Labute approximate surface area is 222 Å². The summed E-state index contributed by atoms with van der Waals surface area (Å²) in [7, 11) is 0. The molecule has 1 N–H and O–H groups in total. The molecule has 2 aliphatic rings. The minimum absolute atomic E-state index is 0.00559. The molecule has 5 nitrogen and oxygen atoms in total. The van der Waals surface area contributed by atoms with Crippen molar-refractivity contribution in [3.05, 3.63) is 110 Å². The van der Waals surface area contributed by atoms with Crippen molar-refractivity contribution in [1.29, 1.82) is 0 Å². The van der Waals surface area contributed by atoms with E-state index in [-0.39, 0.29) is 46.7 Å². The van der Waals surface area contributed by atoms with Crippen LogP contribution in [-0.2, 0) is 9.59 Å². The third-order valence-electron chi connectivity index (χ3n) is 6.77. The molecule has 2 unspecified atom stereocenters. The maximum absolute atomic E-state index is 13.7. The fourth-order valence-electron chi connectivity index (χ4n) is 5.14. The van der Waals surface area contributed by atoms with Crippen molar-refractivity contribution in [1.82, 2.24) is 0 Å². The van der Waals surface area contributed by atoms with Crippen molar-refractivity contribution >= 4 is 58.1 Å². The molecular formula is C28H20Cl3NO4. The van der Waals surface area contributed by atoms with Crippen molar-refractivity contribution in [2.75, 3.05) is 4.90 Å². The standard InChI is InChI=1S/C28H20Cl3NO4/c29-18-7-8-19(22(31)13-18)20-14-26(34)32(23-10-16(28(35)36)6-9-21(23)30)24-11-17(12-25(33)27(20)24)15-4-2-1-3-5-15/h1-10,13,17,20H,11-12,14H2,(H,35,36). The van der Waals surface area contributed by atoms with Crippen LogP contribution in [0.1, 0.15) is 52.6 Å². The predicted molar refractivity (Wildman–Crippen MR) is 140 cm³/mol. The molecule has 1 aliphatic carbocycles. The van der Waals surface area contributed by atoms with Crippen LogP contribution in [0.4, 0.5) is 5.69 Å². The van der Waals surface area contributed by atoms with Gasteiger partial charge in [0.2, 0.25) is 5.91 Å². The van der Waals surface area contributed by atoms with Gasteiger partial charge in [0.05, 0.1) is 16.3 Å². The number of Topliss-reactive ketones (excluding diaryl/α,β-unsaturated/α-hetero) is 1. The molecule has 5 rings (SSSR count). The van der Waals surface area contributed by atoms with Crippen LogP contribution in [0.15, 0.2) is 78.0 Å². The molecule has 0 aromatic heterocycles. The summed E-state index contributed by atoms with van der Waals surface area (Å²) in [6, 6.07) is 18.9. The van der Waals surface area contributed by atoms with Crippen LogP contribution >= 0.6 is 34.8 Å². The van der Waals surface area contributed by atoms with E-state index in [4.69, 9.17) is 34.8 Å². The maximum atomic E-state index is 13.7. The largest absolute Gasteiger partial charge is 0.478 e. The number of ketones is 1. The smallest absolute Gasteiger partial charge is 0.335 e. The number of carbonyl (C=O) groups excluding carboxylic acids is 2. The molecule has 1 aliphatic heterocycles. The van der Waals surface area contributed by atoms with E-state index in [1.54, 1.807) is 18.2 Å². The molecule has 0 spiro atoms. The highest BCUT2D eigenvalue weighted by atomic mass is 35.5. The maximum Gasteiger partial charge on any atom is 0.335 e. The zero-order valence-corrected chi connectivity index (χ0v) is 21.1. The summed E-state index contributed by atoms with van der Waals surface area (Å²) >= 11 is 19.1. The van der Waals surface area contributed by atoms with Gasteiger partial charge in [-0.25, -0.2) is 4.79 Å². The molecule has 36 heavy (non-hydrogen) atoms. The summed E-state index contributed by atoms with van der Waals surface area (Å²) < 4.78 is 0. The third kappa shape index (κ3) is 4.43. The van der Waals surface area contributed by atoms with E-state index in [2.05, 4.69) is 0 Å². The van der Waals surface area contributed by atoms with Crippen LogP contribution < -0.4 is 4.90 Å². The number of carboxylic acid groups (broad SMARTS) is 1. The second-order valence-electron chi connectivity index (χ2n) is 8.92. The summed E-state index contributed by atoms with van der Waals surface area (Å²) in [4.78, 5) is 40.5. The first-order valence-electron chi connectivity index (χ1n) is 11.4. The van der Waals surface area contributed by atoms with Crippen molar-refractivity contribution in [3.63, 3.8) is 0 Å². The number of rotatable bonds is 4. The van der Waals surface area contributed by atoms with Crippen LogP contribution in [-0.4, -0.2) is 22.8 Å². The summed E-state index contributed by atoms with van der Waals surface area (Å²) in [6.07, 6.45) is 0.678. The number of amides is 1. The molecule has 0 bridgehead atoms. The summed E-state index contributed by atoms with van der Waals surface area (Å²) in [5.74, 6) is -2.20. The van der Waals surface area contributed by atoms with E-state index in [0.717, 1.165) is 5.56 Å². The van der Waals surface area contributed by atoms with Crippen LogP contribution in [0.3, 0.4) is 0 Å². The lowest BCUT2D eigenvalue weighted by atomic mass is 9.72. The van der Waals surface area contributed by atoms with Crippen molar-refractivity contribution in [3.8, 4) is 0 Å². The number of carboxylic acids is 1. The quantitative estimate of drug-likeness (QED) is 0.378. The van der Waals surface area contributed by atoms with E-state index in [1.807, 2.05) is 30.3 Å². The number of hydrogen-bond acceptors (Lipinski definition) is 3. The summed E-state index contributed by atoms with van der Waals surface area (Å²) in [6.45, 7) is 0. The topological polar surface area (TPSA) is 74.7 Å². The average molecular weight is 541 g/mol. The molecule has 8 heteroatoms. The van der Waals surface area contributed by atoms with Gasteiger partial charge in [0.1, 0.15) is 0 Å². The number of benzene rings is 3. The Morgan fingerprint density at radius 3 is 2.31 bits per heavy atom. The summed E-state index contributed by atoms with van der Waals surface area (Å²) in [5.41, 5.74) is 2.91. The number of aromatic carboxylic acids is 1. The third-order valence-corrected chi connectivity index (χ3v) is 7.65. The van der Waals surface area contributed by atoms with E-state index >= 15 is 0 Å². The van der Waals surface area contributed by atoms with Gasteiger partial charge in [-0.3, -0.25) is 14.5 Å². The van der Waals surface area contributed by atoms with Crippen molar-refractivity contribution in [2.45, 2.75) is 31.1 Å². The van der Waals surface area contributed by atoms with Crippen molar-refractivity contribution in [2.24, 2.45) is 0 Å². The highest BCUT2D eigenvalue weighted by molar-refractivity contribution is 6.35. The van der Waals surface area contributed by atoms with E-state index in [1.165, 1.54) is 23.1 Å². The molecule has 0 fully saturated rings. The highest BCUT2D eigenvalue weighted by Crippen LogP contribution is 2.49. The first kappa shape index (κ1) is 24.6. The molecule has 0 saturated carbocycles. The lowest BCUT2D eigenvalue weighted by molar-refractivity contribution is -0.120. The van der Waals surface area contributed by atoms with E-state index in [0.29, 0.717) is 33.3 Å². The number of anilines is 1. The molecule has 1 amide bonds. The molecule has 0 saturated heterocycles. The minimum atomic E-state index is -1.14. The molecule has 2 atom stereocenters. The number of nitrogens with zero attached hydrogens (tertiary/aromatic N) is 1. The number of hydrogen-bond donors (Lipinski definition) is 1. The minimum Gasteiger partial charge on any atom is -0.478 e. The van der Waals surface area contributed by atoms with Gasteiger partial charge in [0.25, 0.3) is 0 Å². The molecular weight excluding hydrogens is 521 g/mol. The van der Waals surface area contributed by atoms with Crippen LogP contribution in [0.25, 0.3) is 0 Å². The van der Waals surface area contributed by atoms with Gasteiger partial charge in [-0.15, -0.1) is 0 Å². The van der Waals surface area contributed by atoms with Crippen LogP contribution in [0.5, 0.6) is 0 Å². The van der Waals surface area contributed by atoms with Gasteiger partial charge in [-0.1, -0.05) is 71.2 Å². The van der Waals surface area contributed by atoms with E-state index < -0.39 is 11.9 Å². The molecule has 3 aromatic carbocycles. The first-order chi connectivity index (χ1) is 17.2. The van der Waals surface area contributed by atoms with Crippen molar-refractivity contribution < 1.29 is 19.5 Å². The Kier molecular flexibility index (Phi) is 6.64. The zero-order valence-electron chi connectivity index (χ0n) is 18.9. The van der Waals surface area contributed by atoms with Crippen LogP contribution in [0.2, 0.25) is 15.1 Å². The Bertz CT molecular complexity index is 1430. The Morgan fingerprint density at radius 1 is 0.861 bits per heavy atom. The normalized spacial score (nSPS) is 19.9. The molecule has 182 valence electrons. The van der Waals surface area contributed by atoms with Crippen LogP contribution in [0, 0.1) is 0 Å². The lowest BCUT2D eigenvalue weighted by Gasteiger charge is -2.41. The Hall–Kier alpha value is -3.12. The number of allylic oxidation sites excluding steroid dienone is 2. The Morgan fingerprint density at radius 2 is 1.61 bits per heavy atom. The molecule has 0 radical (unpaired) electrons. The monoisotopic (exact) mass is 539 g/mol. The van der Waals surface area contributed by atoms with Gasteiger partial charge < -0.3 is 5.11 Å². The SMILES string of the molecule is O=C1CC(c2ccccc2)CC2=C1C(c1ccc(Cl)cc1Cl)CC(=O)N2c1cc(C(=O)O)ccc1Cl. The van der Waals surface area contributed by atoms with Gasteiger partial charge in [-0.2, -0.15) is 0 Å². The predicted octanol–water partition coefficient (Wildman–Crippen LogP) is 7.27. The molecule has 3 aromatic rings. The number of carbonyl (C=O) groups is 3. The first-order valence-corrected chi connectivity index (χ1v) is 12.5. The fraction of sp³-hybridized carbons (Fsp3) is 0.179. The van der Waals surface area contributed by atoms with Gasteiger partial charge in [-0.05, 0) is 53.8 Å². The molecule has 1 heterocycles. The Balaban J connectivity index is 1.71.